The molecule has 0 aliphatic carbocycles. The smallest absolute Gasteiger partial charge is 0.249 e. The lowest BCUT2D eigenvalue weighted by molar-refractivity contribution is -0.132. The van der Waals surface area contributed by atoms with E-state index in [2.05, 4.69) is 5.32 Å². The number of piperazine rings is 1. The summed E-state index contributed by atoms with van der Waals surface area (Å²) in [7, 11) is 0. The lowest BCUT2D eigenvalue weighted by Crippen LogP contribution is -2.58. The zero-order chi connectivity index (χ0) is 14.0. The molecule has 1 aliphatic rings. The van der Waals surface area contributed by atoms with Crippen molar-refractivity contribution in [1.29, 1.82) is 0 Å². The summed E-state index contributed by atoms with van der Waals surface area (Å²) in [6.07, 6.45) is 1.26. The number of rotatable bonds is 3. The number of carbonyl (C=O) groups is 3. The molecule has 6 heteroatoms. The van der Waals surface area contributed by atoms with E-state index >= 15 is 0 Å². The fraction of sp³-hybridized carbons (Fsp3) is 0.308. The molecule has 1 N–H and O–H groups in total. The molecule has 0 radical (unpaired) electrons. The third kappa shape index (κ3) is 2.61. The van der Waals surface area contributed by atoms with E-state index in [4.69, 9.17) is 11.6 Å². The third-order valence-corrected chi connectivity index (χ3v) is 3.36. The van der Waals surface area contributed by atoms with Crippen LogP contribution in [0.2, 0.25) is 5.02 Å². The summed E-state index contributed by atoms with van der Waals surface area (Å²) in [5.74, 6) is -0.681. The maximum atomic E-state index is 11.8. The molecule has 5 nitrogen and oxygen atoms in total. The summed E-state index contributed by atoms with van der Waals surface area (Å²) in [6.45, 7) is 1.94. The van der Waals surface area contributed by atoms with E-state index in [-0.39, 0.29) is 18.4 Å². The zero-order valence-electron chi connectivity index (χ0n) is 10.4. The summed E-state index contributed by atoms with van der Waals surface area (Å²) in [4.78, 5) is 35.6. The number of halogens is 1. The Bertz CT molecular complexity index is 545. The van der Waals surface area contributed by atoms with Crippen molar-refractivity contribution in [3.05, 3.63) is 28.8 Å². The van der Waals surface area contributed by atoms with Crippen molar-refractivity contribution in [1.82, 2.24) is 5.32 Å². The van der Waals surface area contributed by atoms with Gasteiger partial charge in [0.1, 0.15) is 12.3 Å². The van der Waals surface area contributed by atoms with Crippen LogP contribution in [0.25, 0.3) is 0 Å². The van der Waals surface area contributed by atoms with Crippen molar-refractivity contribution >= 4 is 35.4 Å². The number of benzene rings is 1. The van der Waals surface area contributed by atoms with Crippen molar-refractivity contribution in [2.75, 3.05) is 11.4 Å². The SMILES string of the molecule is CCC1C(=O)NC(=O)CN1c1ccc(C=O)cc1Cl. The van der Waals surface area contributed by atoms with Crippen molar-refractivity contribution in [3.8, 4) is 0 Å². The highest BCUT2D eigenvalue weighted by Crippen LogP contribution is 2.29. The van der Waals surface area contributed by atoms with E-state index in [0.717, 1.165) is 0 Å². The van der Waals surface area contributed by atoms with Crippen LogP contribution < -0.4 is 10.2 Å². The van der Waals surface area contributed by atoms with Crippen molar-refractivity contribution < 1.29 is 14.4 Å². The minimum atomic E-state index is -0.433. The van der Waals surface area contributed by atoms with Gasteiger partial charge in [-0.25, -0.2) is 0 Å². The molecule has 1 fully saturated rings. The quantitative estimate of drug-likeness (QED) is 0.671. The number of aldehydes is 1. The van der Waals surface area contributed by atoms with Crippen LogP contribution >= 0.6 is 11.6 Å². The lowest BCUT2D eigenvalue weighted by Gasteiger charge is -2.35. The largest absolute Gasteiger partial charge is 0.349 e. The van der Waals surface area contributed by atoms with Gasteiger partial charge in [0.15, 0.2) is 0 Å². The summed E-state index contributed by atoms with van der Waals surface area (Å²) in [5.41, 5.74) is 1.04. The maximum absolute atomic E-state index is 11.8. The van der Waals surface area contributed by atoms with E-state index in [9.17, 15) is 14.4 Å². The van der Waals surface area contributed by atoms with Crippen LogP contribution in [0, 0.1) is 0 Å². The van der Waals surface area contributed by atoms with Gasteiger partial charge in [-0.3, -0.25) is 19.7 Å². The summed E-state index contributed by atoms with van der Waals surface area (Å²) < 4.78 is 0. The first-order chi connectivity index (χ1) is 9.06. The summed E-state index contributed by atoms with van der Waals surface area (Å²) in [6, 6.07) is 4.35. The molecule has 1 saturated heterocycles. The van der Waals surface area contributed by atoms with Crippen LogP contribution in [-0.2, 0) is 9.59 Å². The van der Waals surface area contributed by atoms with Crippen LogP contribution in [-0.4, -0.2) is 30.7 Å². The number of imide groups is 1. The molecule has 1 aromatic rings. The van der Waals surface area contributed by atoms with E-state index in [0.29, 0.717) is 29.0 Å². The van der Waals surface area contributed by atoms with Crippen LogP contribution in [0.15, 0.2) is 18.2 Å². The van der Waals surface area contributed by atoms with Crippen molar-refractivity contribution in [3.63, 3.8) is 0 Å². The molecule has 1 unspecified atom stereocenters. The summed E-state index contributed by atoms with van der Waals surface area (Å²) >= 11 is 6.12. The van der Waals surface area contributed by atoms with Gasteiger partial charge in [-0.05, 0) is 24.6 Å². The number of amides is 2. The molecular weight excluding hydrogens is 268 g/mol. The van der Waals surface area contributed by atoms with Crippen LogP contribution in [0.3, 0.4) is 0 Å². The molecule has 1 atom stereocenters. The van der Waals surface area contributed by atoms with Gasteiger partial charge < -0.3 is 4.90 Å². The second-order valence-corrected chi connectivity index (χ2v) is 4.70. The fourth-order valence-electron chi connectivity index (χ4n) is 2.15. The standard InChI is InChI=1S/C13H13ClN2O3/c1-2-10-13(19)15-12(18)6-16(10)11-4-3-8(7-17)5-9(11)14/h3-5,7,10H,2,6H2,1H3,(H,15,18,19). The van der Waals surface area contributed by atoms with Crippen LogP contribution in [0.5, 0.6) is 0 Å². The fourth-order valence-corrected chi connectivity index (χ4v) is 2.45. The number of hydrogen-bond acceptors (Lipinski definition) is 4. The maximum Gasteiger partial charge on any atom is 0.249 e. The summed E-state index contributed by atoms with van der Waals surface area (Å²) in [5, 5.41) is 2.66. The Morgan fingerprint density at radius 2 is 2.21 bits per heavy atom. The molecule has 1 aromatic carbocycles. The molecule has 1 aliphatic heterocycles. The predicted molar refractivity (Wildman–Crippen MR) is 71.4 cm³/mol. The first-order valence-electron chi connectivity index (χ1n) is 5.92. The molecule has 0 saturated carbocycles. The lowest BCUT2D eigenvalue weighted by atomic mass is 10.1. The Kier molecular flexibility index (Phi) is 3.85. The number of nitrogens with one attached hydrogen (secondary N) is 1. The van der Waals surface area contributed by atoms with Gasteiger partial charge in [0.05, 0.1) is 17.3 Å². The third-order valence-electron chi connectivity index (χ3n) is 3.06. The van der Waals surface area contributed by atoms with Gasteiger partial charge >= 0.3 is 0 Å². The number of hydrogen-bond donors (Lipinski definition) is 1. The predicted octanol–water partition coefficient (Wildman–Crippen LogP) is 1.39. The molecule has 0 spiro atoms. The van der Waals surface area contributed by atoms with Crippen LogP contribution in [0.1, 0.15) is 23.7 Å². The number of nitrogens with zero attached hydrogens (tertiary/aromatic N) is 1. The normalized spacial score (nSPS) is 19.3. The Morgan fingerprint density at radius 3 is 2.79 bits per heavy atom. The highest BCUT2D eigenvalue weighted by molar-refractivity contribution is 6.33. The average Bonchev–Trinajstić information content (AvgIpc) is 2.37. The molecule has 19 heavy (non-hydrogen) atoms. The van der Waals surface area contributed by atoms with E-state index in [1.807, 2.05) is 6.92 Å². The van der Waals surface area contributed by atoms with Gasteiger partial charge in [0, 0.05) is 5.56 Å². The van der Waals surface area contributed by atoms with Gasteiger partial charge in [-0.1, -0.05) is 18.5 Å². The second kappa shape index (κ2) is 5.40. The molecule has 0 bridgehead atoms. The Labute approximate surface area is 115 Å². The highest BCUT2D eigenvalue weighted by atomic mass is 35.5. The molecule has 100 valence electrons. The first-order valence-corrected chi connectivity index (χ1v) is 6.29. The van der Waals surface area contributed by atoms with E-state index in [1.54, 1.807) is 17.0 Å². The second-order valence-electron chi connectivity index (χ2n) is 4.29. The van der Waals surface area contributed by atoms with Gasteiger partial charge in [-0.2, -0.15) is 0 Å². The zero-order valence-corrected chi connectivity index (χ0v) is 11.1. The van der Waals surface area contributed by atoms with E-state index < -0.39 is 6.04 Å². The van der Waals surface area contributed by atoms with Crippen LogP contribution in [0.4, 0.5) is 5.69 Å². The monoisotopic (exact) mass is 280 g/mol. The average molecular weight is 281 g/mol. The molecular formula is C13H13ClN2O3. The van der Waals surface area contributed by atoms with Crippen molar-refractivity contribution in [2.24, 2.45) is 0 Å². The number of carbonyl (C=O) groups excluding carboxylic acids is 3. The minimum Gasteiger partial charge on any atom is -0.349 e. The topological polar surface area (TPSA) is 66.5 Å². The molecule has 1 heterocycles. The number of anilines is 1. The Morgan fingerprint density at radius 1 is 1.47 bits per heavy atom. The van der Waals surface area contributed by atoms with E-state index in [1.165, 1.54) is 6.07 Å². The highest BCUT2D eigenvalue weighted by Gasteiger charge is 2.33. The Balaban J connectivity index is 2.40. The molecule has 2 amide bonds. The Hall–Kier alpha value is -1.88. The first kappa shape index (κ1) is 13.5. The van der Waals surface area contributed by atoms with Crippen molar-refractivity contribution in [2.45, 2.75) is 19.4 Å². The minimum absolute atomic E-state index is 0.0738. The molecule has 0 aromatic heterocycles. The van der Waals surface area contributed by atoms with Gasteiger partial charge in [0.2, 0.25) is 11.8 Å². The van der Waals surface area contributed by atoms with Gasteiger partial charge in [-0.15, -0.1) is 0 Å². The molecule has 2 rings (SSSR count). The van der Waals surface area contributed by atoms with Gasteiger partial charge in [0.25, 0.3) is 0 Å².